The lowest BCUT2D eigenvalue weighted by Crippen LogP contribution is -2.34. The van der Waals surface area contributed by atoms with Crippen LogP contribution in [0.3, 0.4) is 0 Å². The highest BCUT2D eigenvalue weighted by Gasteiger charge is 2.16. The van der Waals surface area contributed by atoms with Crippen LogP contribution in [-0.4, -0.2) is 29.3 Å². The van der Waals surface area contributed by atoms with Crippen LogP contribution in [0.2, 0.25) is 0 Å². The SMILES string of the molecule is CC(C)N(CCCO)c1nc2ccccc2cc1CN. The van der Waals surface area contributed by atoms with Gasteiger partial charge in [0.15, 0.2) is 0 Å². The summed E-state index contributed by atoms with van der Waals surface area (Å²) < 4.78 is 0. The van der Waals surface area contributed by atoms with E-state index in [9.17, 15) is 0 Å². The highest BCUT2D eigenvalue weighted by atomic mass is 16.3. The monoisotopic (exact) mass is 273 g/mol. The summed E-state index contributed by atoms with van der Waals surface area (Å²) in [6, 6.07) is 10.5. The molecular weight excluding hydrogens is 250 g/mol. The van der Waals surface area contributed by atoms with Gasteiger partial charge in [-0.15, -0.1) is 0 Å². The fourth-order valence-electron chi connectivity index (χ4n) is 2.40. The molecule has 0 radical (unpaired) electrons. The number of aliphatic hydroxyl groups is 1. The van der Waals surface area contributed by atoms with Crippen molar-refractivity contribution in [2.45, 2.75) is 32.9 Å². The van der Waals surface area contributed by atoms with Crippen molar-refractivity contribution in [1.82, 2.24) is 4.98 Å². The van der Waals surface area contributed by atoms with Crippen LogP contribution in [-0.2, 0) is 6.54 Å². The van der Waals surface area contributed by atoms with Crippen LogP contribution in [0, 0.1) is 0 Å². The summed E-state index contributed by atoms with van der Waals surface area (Å²) >= 11 is 0. The highest BCUT2D eigenvalue weighted by molar-refractivity contribution is 5.81. The van der Waals surface area contributed by atoms with Gasteiger partial charge in [-0.2, -0.15) is 0 Å². The molecule has 0 atom stereocenters. The van der Waals surface area contributed by atoms with Crippen LogP contribution in [0.25, 0.3) is 10.9 Å². The minimum absolute atomic E-state index is 0.189. The van der Waals surface area contributed by atoms with Crippen molar-refractivity contribution in [3.63, 3.8) is 0 Å². The molecule has 4 nitrogen and oxygen atoms in total. The Morgan fingerprint density at radius 3 is 2.70 bits per heavy atom. The van der Waals surface area contributed by atoms with Gasteiger partial charge in [-0.25, -0.2) is 4.98 Å². The Hall–Kier alpha value is -1.65. The maximum absolute atomic E-state index is 9.07. The van der Waals surface area contributed by atoms with Crippen LogP contribution in [0.5, 0.6) is 0 Å². The number of benzene rings is 1. The molecule has 1 heterocycles. The van der Waals surface area contributed by atoms with E-state index in [2.05, 4.69) is 30.9 Å². The van der Waals surface area contributed by atoms with E-state index in [-0.39, 0.29) is 6.61 Å². The molecule has 0 fully saturated rings. The van der Waals surface area contributed by atoms with Crippen molar-refractivity contribution in [3.8, 4) is 0 Å². The molecule has 2 rings (SSSR count). The maximum Gasteiger partial charge on any atom is 0.134 e. The zero-order chi connectivity index (χ0) is 14.5. The second-order valence-electron chi connectivity index (χ2n) is 5.23. The van der Waals surface area contributed by atoms with Gasteiger partial charge in [0.05, 0.1) is 5.52 Å². The molecule has 108 valence electrons. The van der Waals surface area contributed by atoms with Crippen molar-refractivity contribution in [3.05, 3.63) is 35.9 Å². The lowest BCUT2D eigenvalue weighted by atomic mass is 10.1. The van der Waals surface area contributed by atoms with Gasteiger partial charge in [0.1, 0.15) is 5.82 Å². The number of aliphatic hydroxyl groups excluding tert-OH is 1. The predicted octanol–water partition coefficient (Wildman–Crippen LogP) is 2.29. The van der Waals surface area contributed by atoms with Gasteiger partial charge in [-0.05, 0) is 32.4 Å². The number of anilines is 1. The second-order valence-corrected chi connectivity index (χ2v) is 5.23. The van der Waals surface area contributed by atoms with Crippen LogP contribution in [0.4, 0.5) is 5.82 Å². The number of para-hydroxylation sites is 1. The number of aromatic nitrogens is 1. The largest absolute Gasteiger partial charge is 0.396 e. The summed E-state index contributed by atoms with van der Waals surface area (Å²) in [7, 11) is 0. The molecule has 0 aliphatic carbocycles. The van der Waals surface area contributed by atoms with Gasteiger partial charge < -0.3 is 15.7 Å². The fraction of sp³-hybridized carbons (Fsp3) is 0.438. The Labute approximate surface area is 120 Å². The summed E-state index contributed by atoms with van der Waals surface area (Å²) in [5.74, 6) is 0.939. The molecule has 4 heteroatoms. The third-order valence-corrected chi connectivity index (χ3v) is 3.45. The quantitative estimate of drug-likeness (QED) is 0.847. The van der Waals surface area contributed by atoms with E-state index in [4.69, 9.17) is 15.8 Å². The summed E-state index contributed by atoms with van der Waals surface area (Å²) in [5.41, 5.74) is 7.92. The van der Waals surface area contributed by atoms with Gasteiger partial charge in [0, 0.05) is 36.7 Å². The normalized spacial score (nSPS) is 11.2. The molecule has 0 saturated heterocycles. The van der Waals surface area contributed by atoms with E-state index in [1.54, 1.807) is 0 Å². The first-order chi connectivity index (χ1) is 9.67. The fourth-order valence-corrected chi connectivity index (χ4v) is 2.40. The zero-order valence-corrected chi connectivity index (χ0v) is 12.2. The number of nitrogens with two attached hydrogens (primary N) is 1. The minimum atomic E-state index is 0.189. The van der Waals surface area contributed by atoms with Crippen molar-refractivity contribution in [2.75, 3.05) is 18.1 Å². The Kier molecular flexibility index (Phi) is 4.93. The Morgan fingerprint density at radius 1 is 1.30 bits per heavy atom. The number of pyridine rings is 1. The van der Waals surface area contributed by atoms with Gasteiger partial charge >= 0.3 is 0 Å². The molecule has 1 aromatic heterocycles. The number of rotatable bonds is 6. The molecule has 0 aliphatic rings. The molecular formula is C16H23N3O. The lowest BCUT2D eigenvalue weighted by molar-refractivity contribution is 0.288. The van der Waals surface area contributed by atoms with Crippen molar-refractivity contribution in [1.29, 1.82) is 0 Å². The molecule has 0 saturated carbocycles. The van der Waals surface area contributed by atoms with Crippen LogP contribution < -0.4 is 10.6 Å². The molecule has 2 aromatic rings. The standard InChI is InChI=1S/C16H23N3O/c1-12(2)19(8-5-9-20)16-14(11-17)10-13-6-3-4-7-15(13)18-16/h3-4,6-7,10,12,20H,5,8-9,11,17H2,1-2H3. The van der Waals surface area contributed by atoms with Crippen LogP contribution >= 0.6 is 0 Å². The molecule has 0 spiro atoms. The first-order valence-electron chi connectivity index (χ1n) is 7.13. The van der Waals surface area contributed by atoms with Gasteiger partial charge in [-0.3, -0.25) is 0 Å². The predicted molar refractivity (Wildman–Crippen MR) is 83.8 cm³/mol. The lowest BCUT2D eigenvalue weighted by Gasteiger charge is -2.29. The maximum atomic E-state index is 9.07. The molecule has 20 heavy (non-hydrogen) atoms. The smallest absolute Gasteiger partial charge is 0.134 e. The summed E-state index contributed by atoms with van der Waals surface area (Å²) in [6.45, 7) is 5.71. The molecule has 0 amide bonds. The summed E-state index contributed by atoms with van der Waals surface area (Å²) in [4.78, 5) is 7.00. The van der Waals surface area contributed by atoms with Crippen molar-refractivity contribution < 1.29 is 5.11 Å². The molecule has 0 unspecified atom stereocenters. The van der Waals surface area contributed by atoms with E-state index in [0.29, 0.717) is 12.6 Å². The minimum Gasteiger partial charge on any atom is -0.396 e. The van der Waals surface area contributed by atoms with Crippen LogP contribution in [0.1, 0.15) is 25.8 Å². The van der Waals surface area contributed by atoms with E-state index in [1.165, 1.54) is 0 Å². The number of fused-ring (bicyclic) bond motifs is 1. The van der Waals surface area contributed by atoms with E-state index < -0.39 is 0 Å². The topological polar surface area (TPSA) is 62.4 Å². The summed E-state index contributed by atoms with van der Waals surface area (Å²) in [6.07, 6.45) is 0.733. The van der Waals surface area contributed by atoms with Crippen molar-refractivity contribution in [2.24, 2.45) is 5.73 Å². The Balaban J connectivity index is 2.48. The highest BCUT2D eigenvalue weighted by Crippen LogP contribution is 2.25. The molecule has 1 aromatic carbocycles. The third kappa shape index (κ3) is 3.08. The first kappa shape index (κ1) is 14.8. The first-order valence-corrected chi connectivity index (χ1v) is 7.13. The number of hydrogen-bond donors (Lipinski definition) is 2. The third-order valence-electron chi connectivity index (χ3n) is 3.45. The average molecular weight is 273 g/mol. The van der Waals surface area contributed by atoms with E-state index >= 15 is 0 Å². The van der Waals surface area contributed by atoms with Gasteiger partial charge in [0.25, 0.3) is 0 Å². The van der Waals surface area contributed by atoms with E-state index in [0.717, 1.165) is 35.2 Å². The van der Waals surface area contributed by atoms with E-state index in [1.807, 2.05) is 18.2 Å². The molecule has 3 N–H and O–H groups in total. The molecule has 0 aliphatic heterocycles. The Bertz CT molecular complexity index is 569. The van der Waals surface area contributed by atoms with Crippen LogP contribution in [0.15, 0.2) is 30.3 Å². The second kappa shape index (κ2) is 6.68. The average Bonchev–Trinajstić information content (AvgIpc) is 2.46. The molecule has 0 bridgehead atoms. The number of nitrogens with zero attached hydrogens (tertiary/aromatic N) is 2. The van der Waals surface area contributed by atoms with Crippen molar-refractivity contribution >= 4 is 16.7 Å². The Morgan fingerprint density at radius 2 is 2.05 bits per heavy atom. The van der Waals surface area contributed by atoms with Gasteiger partial charge in [-0.1, -0.05) is 18.2 Å². The summed E-state index contributed by atoms with van der Waals surface area (Å²) in [5, 5.41) is 10.2. The van der Waals surface area contributed by atoms with Gasteiger partial charge in [0.2, 0.25) is 0 Å². The number of hydrogen-bond acceptors (Lipinski definition) is 4. The zero-order valence-electron chi connectivity index (χ0n) is 12.2.